The molecule has 0 N–H and O–H groups in total. The molecule has 1 aromatic rings. The van der Waals surface area contributed by atoms with Gasteiger partial charge in [-0.15, -0.1) is 0 Å². The maximum atomic E-state index is 5.65. The first-order chi connectivity index (χ1) is 8.20. The summed E-state index contributed by atoms with van der Waals surface area (Å²) < 4.78 is 11.2. The molecule has 0 amide bonds. The highest BCUT2D eigenvalue weighted by molar-refractivity contribution is 7.38. The van der Waals surface area contributed by atoms with E-state index in [1.54, 1.807) is 7.11 Å². The van der Waals surface area contributed by atoms with Crippen LogP contribution < -0.4 is 0 Å². The third-order valence-electron chi connectivity index (χ3n) is 3.03. The molecule has 0 radical (unpaired) electrons. The van der Waals surface area contributed by atoms with Gasteiger partial charge in [0.25, 0.3) is 0 Å². The first-order valence-electron chi connectivity index (χ1n) is 6.06. The number of hydrogen-bond donors (Lipinski definition) is 0. The van der Waals surface area contributed by atoms with E-state index in [2.05, 4.69) is 25.7 Å². The lowest BCUT2D eigenvalue weighted by Gasteiger charge is -2.26. The molecule has 0 heterocycles. The topological polar surface area (TPSA) is 18.5 Å². The highest BCUT2D eigenvalue weighted by Gasteiger charge is 2.19. The first kappa shape index (κ1) is 14.6. The fourth-order valence-electron chi connectivity index (χ4n) is 1.60. The van der Waals surface area contributed by atoms with E-state index in [0.717, 1.165) is 28.0 Å². The van der Waals surface area contributed by atoms with Crippen LogP contribution in [0.1, 0.15) is 25.3 Å². The second-order valence-electron chi connectivity index (χ2n) is 4.33. The van der Waals surface area contributed by atoms with Gasteiger partial charge in [0.2, 0.25) is 0 Å². The molecule has 17 heavy (non-hydrogen) atoms. The molecule has 0 aliphatic rings. The molecule has 1 aromatic carbocycles. The summed E-state index contributed by atoms with van der Waals surface area (Å²) in [5.41, 5.74) is 1.24. The summed E-state index contributed by atoms with van der Waals surface area (Å²) >= 11 is 0. The Morgan fingerprint density at radius 3 is 2.53 bits per heavy atom. The Kier molecular flexibility index (Phi) is 6.72. The molecular formula is C14H23O2P. The molecule has 2 nitrogen and oxygen atoms in total. The number of methoxy groups -OCH3 is 1. The Morgan fingerprint density at radius 1 is 1.24 bits per heavy atom. The average molecular weight is 254 g/mol. The van der Waals surface area contributed by atoms with Gasteiger partial charge in [-0.2, -0.15) is 0 Å². The molecule has 96 valence electrons. The van der Waals surface area contributed by atoms with Gasteiger partial charge in [0.05, 0.1) is 11.9 Å². The van der Waals surface area contributed by atoms with Crippen molar-refractivity contribution in [2.45, 2.75) is 31.7 Å². The summed E-state index contributed by atoms with van der Waals surface area (Å²) in [7, 11) is 2.60. The highest BCUT2D eigenvalue weighted by atomic mass is 31.1. The summed E-state index contributed by atoms with van der Waals surface area (Å²) in [5.74, 6) is 0. The molecule has 0 bridgehead atoms. The number of ether oxygens (including phenoxy) is 2. The maximum absolute atomic E-state index is 5.65. The van der Waals surface area contributed by atoms with Crippen LogP contribution in [0, 0.1) is 0 Å². The van der Waals surface area contributed by atoms with Gasteiger partial charge in [-0.1, -0.05) is 38.9 Å². The van der Waals surface area contributed by atoms with Gasteiger partial charge in [0.15, 0.2) is 0 Å². The second kappa shape index (κ2) is 7.81. The molecular weight excluding hydrogens is 231 g/mol. The predicted molar refractivity (Wildman–Crippen MR) is 75.0 cm³/mol. The van der Waals surface area contributed by atoms with Crippen molar-refractivity contribution in [1.82, 2.24) is 0 Å². The van der Waals surface area contributed by atoms with Gasteiger partial charge in [-0.3, -0.25) is 0 Å². The summed E-state index contributed by atoms with van der Waals surface area (Å²) in [4.78, 5) is 0. The molecule has 0 saturated carbocycles. The highest BCUT2D eigenvalue weighted by Crippen LogP contribution is 2.33. The van der Waals surface area contributed by atoms with Crippen molar-refractivity contribution >= 4 is 8.58 Å². The SMILES string of the molecule is COC(C)(CCCOCc1ccccc1)PC. The molecule has 3 heteroatoms. The zero-order chi connectivity index (χ0) is 12.6. The number of rotatable bonds is 8. The van der Waals surface area contributed by atoms with E-state index >= 15 is 0 Å². The van der Waals surface area contributed by atoms with Crippen molar-refractivity contribution in [1.29, 1.82) is 0 Å². The van der Waals surface area contributed by atoms with Crippen LogP contribution in [0.15, 0.2) is 30.3 Å². The molecule has 2 unspecified atom stereocenters. The Bertz CT molecular complexity index is 296. The van der Waals surface area contributed by atoms with E-state index in [9.17, 15) is 0 Å². The molecule has 0 aliphatic heterocycles. The summed E-state index contributed by atoms with van der Waals surface area (Å²) in [5, 5.41) is 0.0378. The summed E-state index contributed by atoms with van der Waals surface area (Å²) in [6.45, 7) is 5.87. The van der Waals surface area contributed by atoms with Crippen molar-refractivity contribution in [3.63, 3.8) is 0 Å². The van der Waals surface area contributed by atoms with Crippen LogP contribution in [0.5, 0.6) is 0 Å². The molecule has 0 fully saturated rings. The fraction of sp³-hybridized carbons (Fsp3) is 0.571. The lowest BCUT2D eigenvalue weighted by molar-refractivity contribution is 0.0571. The van der Waals surface area contributed by atoms with Crippen LogP contribution >= 0.6 is 8.58 Å². The predicted octanol–water partition coefficient (Wildman–Crippen LogP) is 3.65. The Morgan fingerprint density at radius 2 is 1.94 bits per heavy atom. The van der Waals surface area contributed by atoms with Crippen molar-refractivity contribution in [3.8, 4) is 0 Å². The largest absolute Gasteiger partial charge is 0.377 e. The van der Waals surface area contributed by atoms with Crippen molar-refractivity contribution in [2.24, 2.45) is 0 Å². The van der Waals surface area contributed by atoms with Gasteiger partial charge < -0.3 is 9.47 Å². The molecule has 2 atom stereocenters. The van der Waals surface area contributed by atoms with Crippen molar-refractivity contribution < 1.29 is 9.47 Å². The van der Waals surface area contributed by atoms with Crippen LogP contribution in [-0.4, -0.2) is 25.7 Å². The first-order valence-corrected chi connectivity index (χ1v) is 7.56. The van der Waals surface area contributed by atoms with Crippen LogP contribution in [-0.2, 0) is 16.1 Å². The molecule has 0 aliphatic carbocycles. The molecule has 0 spiro atoms. The summed E-state index contributed by atoms with van der Waals surface area (Å²) in [6, 6.07) is 10.3. The second-order valence-corrected chi connectivity index (χ2v) is 5.88. The fourth-order valence-corrected chi connectivity index (χ4v) is 2.24. The smallest absolute Gasteiger partial charge is 0.0808 e. The third kappa shape index (κ3) is 5.63. The number of hydrogen-bond acceptors (Lipinski definition) is 2. The van der Waals surface area contributed by atoms with Crippen LogP contribution in [0.4, 0.5) is 0 Å². The standard InChI is InChI=1S/C14H23O2P/c1-14(15-2,17-3)10-7-11-16-12-13-8-5-4-6-9-13/h4-6,8-9,17H,7,10-12H2,1-3H3. The zero-order valence-electron chi connectivity index (χ0n) is 11.0. The normalized spacial score (nSPS) is 15.2. The van der Waals surface area contributed by atoms with Gasteiger partial charge >= 0.3 is 0 Å². The van der Waals surface area contributed by atoms with Crippen LogP contribution in [0.2, 0.25) is 0 Å². The van der Waals surface area contributed by atoms with E-state index < -0.39 is 0 Å². The lowest BCUT2D eigenvalue weighted by Crippen LogP contribution is -2.21. The summed E-state index contributed by atoms with van der Waals surface area (Å²) in [6.07, 6.45) is 2.12. The minimum Gasteiger partial charge on any atom is -0.377 e. The molecule has 0 aromatic heterocycles. The lowest BCUT2D eigenvalue weighted by atomic mass is 10.2. The van der Waals surface area contributed by atoms with Gasteiger partial charge in [-0.25, -0.2) is 0 Å². The maximum Gasteiger partial charge on any atom is 0.0808 e. The third-order valence-corrected chi connectivity index (χ3v) is 4.55. The van der Waals surface area contributed by atoms with E-state index in [1.807, 2.05) is 18.2 Å². The van der Waals surface area contributed by atoms with Crippen molar-refractivity contribution in [2.75, 3.05) is 20.4 Å². The van der Waals surface area contributed by atoms with Crippen LogP contribution in [0.25, 0.3) is 0 Å². The minimum atomic E-state index is 0.0378. The zero-order valence-corrected chi connectivity index (χ0v) is 12.0. The van der Waals surface area contributed by atoms with E-state index in [-0.39, 0.29) is 5.34 Å². The minimum absolute atomic E-state index is 0.0378. The molecule has 1 rings (SSSR count). The number of benzene rings is 1. The quantitative estimate of drug-likeness (QED) is 0.520. The molecule has 0 saturated heterocycles. The Labute approximate surface area is 106 Å². The Balaban J connectivity index is 2.13. The average Bonchev–Trinajstić information content (AvgIpc) is 2.39. The van der Waals surface area contributed by atoms with Gasteiger partial charge in [0, 0.05) is 13.7 Å². The van der Waals surface area contributed by atoms with E-state index in [0.29, 0.717) is 6.61 Å². The van der Waals surface area contributed by atoms with E-state index in [1.165, 1.54) is 5.56 Å². The van der Waals surface area contributed by atoms with Gasteiger partial charge in [0.1, 0.15) is 0 Å². The van der Waals surface area contributed by atoms with E-state index in [4.69, 9.17) is 9.47 Å². The van der Waals surface area contributed by atoms with Gasteiger partial charge in [-0.05, 0) is 32.0 Å². The van der Waals surface area contributed by atoms with Crippen molar-refractivity contribution in [3.05, 3.63) is 35.9 Å². The Hall–Kier alpha value is -0.430. The monoisotopic (exact) mass is 254 g/mol. The van der Waals surface area contributed by atoms with Crippen LogP contribution in [0.3, 0.4) is 0 Å².